The molecule has 0 aliphatic carbocycles. The number of nitrogens with zero attached hydrogens (tertiary/aromatic N) is 2. The maximum Gasteiger partial charge on any atom is 0.243 e. The molecule has 5 N–H and O–H groups in total. The first-order valence-electron chi connectivity index (χ1n) is 9.68. The van der Waals surface area contributed by atoms with Crippen LogP contribution in [0, 0.1) is 12.3 Å². The van der Waals surface area contributed by atoms with Gasteiger partial charge in [0.1, 0.15) is 0 Å². The van der Waals surface area contributed by atoms with Gasteiger partial charge < -0.3 is 21.1 Å². The van der Waals surface area contributed by atoms with Gasteiger partial charge in [0.25, 0.3) is 0 Å². The molecule has 0 aliphatic rings. The van der Waals surface area contributed by atoms with Crippen LogP contribution in [0.2, 0.25) is 0 Å². The van der Waals surface area contributed by atoms with Gasteiger partial charge in [0, 0.05) is 19.0 Å². The monoisotopic (exact) mass is 445 g/mol. The predicted molar refractivity (Wildman–Crippen MR) is 116 cm³/mol. The van der Waals surface area contributed by atoms with Gasteiger partial charge in [0.15, 0.2) is 11.4 Å². The molecule has 2 unspecified atom stereocenters. The molecule has 3 aromatic rings. The first-order valence-corrected chi connectivity index (χ1v) is 11.1. The van der Waals surface area contributed by atoms with Gasteiger partial charge in [0.2, 0.25) is 15.9 Å². The van der Waals surface area contributed by atoms with Crippen molar-refractivity contribution in [1.29, 1.82) is 0 Å². The van der Waals surface area contributed by atoms with Crippen LogP contribution in [0.4, 0.5) is 5.82 Å². The third-order valence-corrected chi connectivity index (χ3v) is 6.76. The van der Waals surface area contributed by atoms with Crippen molar-refractivity contribution >= 4 is 32.7 Å². The van der Waals surface area contributed by atoms with Crippen molar-refractivity contribution in [1.82, 2.24) is 9.46 Å². The zero-order valence-electron chi connectivity index (χ0n) is 17.0. The second-order valence-corrected chi connectivity index (χ2v) is 9.28. The number of aromatic nitrogens is 1. The van der Waals surface area contributed by atoms with Crippen LogP contribution in [-0.4, -0.2) is 48.1 Å². The summed E-state index contributed by atoms with van der Waals surface area (Å²) in [6.45, 7) is 1.13. The van der Waals surface area contributed by atoms with Gasteiger partial charge in [-0.15, -0.1) is 0 Å². The van der Waals surface area contributed by atoms with Crippen molar-refractivity contribution in [2.75, 3.05) is 18.8 Å². The number of benzene rings is 2. The van der Waals surface area contributed by atoms with E-state index in [1.54, 1.807) is 6.42 Å². The minimum Gasteiger partial charge on any atom is -0.391 e. The Kier molecular flexibility index (Phi) is 6.94. The van der Waals surface area contributed by atoms with Crippen molar-refractivity contribution in [3.8, 4) is 0 Å². The Morgan fingerprint density at radius 1 is 1.23 bits per heavy atom. The van der Waals surface area contributed by atoms with Gasteiger partial charge in [-0.1, -0.05) is 42.4 Å². The number of carbonyl (C=O) groups is 1. The Hall–Kier alpha value is -2.95. The molecule has 1 aromatic heterocycles. The molecule has 3 rings (SSSR count). The third kappa shape index (κ3) is 5.40. The molecule has 0 aliphatic heterocycles. The van der Waals surface area contributed by atoms with Crippen LogP contribution in [0.15, 0.2) is 57.9 Å². The quantitative estimate of drug-likeness (QED) is 0.425. The number of rotatable bonds is 10. The highest BCUT2D eigenvalue weighted by molar-refractivity contribution is 7.89. The lowest BCUT2D eigenvalue weighted by Gasteiger charge is -2.26. The zero-order valence-corrected chi connectivity index (χ0v) is 17.8. The first kappa shape index (κ1) is 22.7. The van der Waals surface area contributed by atoms with Crippen molar-refractivity contribution < 1.29 is 22.8 Å². The molecule has 1 amide bonds. The molecule has 31 heavy (non-hydrogen) atoms. The van der Waals surface area contributed by atoms with E-state index in [1.807, 2.05) is 30.3 Å². The van der Waals surface area contributed by atoms with Crippen LogP contribution in [0.3, 0.4) is 0 Å². The Morgan fingerprint density at radius 2 is 1.94 bits per heavy atom. The van der Waals surface area contributed by atoms with E-state index in [9.17, 15) is 18.3 Å². The van der Waals surface area contributed by atoms with Crippen LogP contribution < -0.4 is 11.5 Å². The number of fused-ring (bicyclic) bond motifs is 1. The number of hydrogen-bond donors (Lipinski definition) is 3. The van der Waals surface area contributed by atoms with Crippen LogP contribution in [0.1, 0.15) is 12.5 Å². The van der Waals surface area contributed by atoms with Crippen LogP contribution in [-0.2, 0) is 21.2 Å². The summed E-state index contributed by atoms with van der Waals surface area (Å²) in [6, 6.07) is 13.7. The molecule has 165 valence electrons. The number of nitrogens with two attached hydrogens (primary N) is 2. The molecule has 0 spiro atoms. The van der Waals surface area contributed by atoms with E-state index in [2.05, 4.69) is 5.16 Å². The fourth-order valence-corrected chi connectivity index (χ4v) is 4.66. The lowest BCUT2D eigenvalue weighted by molar-refractivity contribution is -0.121. The molecular formula is C21H25N4O5S. The minimum absolute atomic E-state index is 0.0539. The minimum atomic E-state index is -4.07. The van der Waals surface area contributed by atoms with Gasteiger partial charge in [-0.05, 0) is 36.6 Å². The molecule has 2 aromatic carbocycles. The van der Waals surface area contributed by atoms with Gasteiger partial charge in [-0.25, -0.2) is 8.42 Å². The average Bonchev–Trinajstić information content (AvgIpc) is 3.12. The average molecular weight is 446 g/mol. The number of aliphatic hydroxyl groups is 1. The molecule has 9 nitrogen and oxygen atoms in total. The molecule has 0 fully saturated rings. The number of carbonyl (C=O) groups excluding carboxylic acids is 1. The summed E-state index contributed by atoms with van der Waals surface area (Å²) in [7, 11) is -4.07. The lowest BCUT2D eigenvalue weighted by Crippen LogP contribution is -2.42. The molecule has 0 bridgehead atoms. The number of sulfonamides is 1. The molecule has 2 atom stereocenters. The number of hydrogen-bond acceptors (Lipinski definition) is 7. The van der Waals surface area contributed by atoms with Crippen molar-refractivity contribution in [3.05, 3.63) is 60.5 Å². The standard InChI is InChI=1S/C21H25N4O5S/c1-14(21(23)27)12-25(13-16(26)8-7-15-5-3-2-4-6-15)31(28,29)17-9-10-19-18(11-17)20(22)24-30-19/h2-6,8-11,14,16,26H,7,12-13H2,1H3,(H2,22,24)(H2,23,27). The molecule has 0 saturated carbocycles. The number of amides is 1. The maximum atomic E-state index is 13.3. The molecule has 0 saturated heterocycles. The van der Waals surface area contributed by atoms with E-state index in [0.29, 0.717) is 17.4 Å². The summed E-state index contributed by atoms with van der Waals surface area (Å²) in [5, 5.41) is 14.5. The highest BCUT2D eigenvalue weighted by Crippen LogP contribution is 2.26. The number of primary amides is 1. The fourth-order valence-electron chi connectivity index (χ4n) is 3.08. The second-order valence-electron chi connectivity index (χ2n) is 7.34. The normalized spacial score (nSPS) is 14.0. The summed E-state index contributed by atoms with van der Waals surface area (Å²) in [5.74, 6) is -1.32. The van der Waals surface area contributed by atoms with Crippen LogP contribution in [0.25, 0.3) is 11.0 Å². The van der Waals surface area contributed by atoms with Crippen molar-refractivity contribution in [2.24, 2.45) is 11.7 Å². The van der Waals surface area contributed by atoms with E-state index < -0.39 is 28.0 Å². The Balaban J connectivity index is 1.83. The van der Waals surface area contributed by atoms with E-state index in [4.69, 9.17) is 16.0 Å². The maximum absolute atomic E-state index is 13.3. The first-order chi connectivity index (χ1) is 14.7. The van der Waals surface area contributed by atoms with Crippen LogP contribution in [0.5, 0.6) is 0 Å². The van der Waals surface area contributed by atoms with E-state index in [0.717, 1.165) is 9.87 Å². The zero-order chi connectivity index (χ0) is 22.6. The van der Waals surface area contributed by atoms with Crippen LogP contribution >= 0.6 is 0 Å². The Labute approximate surface area is 180 Å². The topological polar surface area (TPSA) is 153 Å². The van der Waals surface area contributed by atoms with Gasteiger partial charge >= 0.3 is 0 Å². The summed E-state index contributed by atoms with van der Waals surface area (Å²) in [6.07, 6.45) is 1.03. The smallest absolute Gasteiger partial charge is 0.243 e. The van der Waals surface area contributed by atoms with Gasteiger partial charge in [-0.3, -0.25) is 4.79 Å². The largest absolute Gasteiger partial charge is 0.391 e. The van der Waals surface area contributed by atoms with E-state index in [1.165, 1.54) is 25.1 Å². The molecular weight excluding hydrogens is 420 g/mol. The number of aliphatic hydroxyl groups excluding tert-OH is 1. The third-order valence-electron chi connectivity index (χ3n) is 4.93. The molecule has 1 radical (unpaired) electrons. The van der Waals surface area contributed by atoms with Gasteiger partial charge in [0.05, 0.1) is 16.4 Å². The predicted octanol–water partition coefficient (Wildman–Crippen LogP) is 1.33. The van der Waals surface area contributed by atoms with E-state index >= 15 is 0 Å². The number of anilines is 1. The summed E-state index contributed by atoms with van der Waals surface area (Å²) >= 11 is 0. The lowest BCUT2D eigenvalue weighted by atomic mass is 10.1. The Morgan fingerprint density at radius 3 is 2.61 bits per heavy atom. The molecule has 10 heteroatoms. The SMILES string of the molecule is CC(CN(CC(O)[CH]Cc1ccccc1)S(=O)(=O)c1ccc2onc(N)c2c1)C(N)=O. The summed E-state index contributed by atoms with van der Waals surface area (Å²) in [5.41, 5.74) is 12.4. The van der Waals surface area contributed by atoms with Crippen molar-refractivity contribution in [3.63, 3.8) is 0 Å². The summed E-state index contributed by atoms with van der Waals surface area (Å²) < 4.78 is 32.7. The van der Waals surface area contributed by atoms with Crippen molar-refractivity contribution in [2.45, 2.75) is 24.3 Å². The highest BCUT2D eigenvalue weighted by Gasteiger charge is 2.30. The number of nitrogen functional groups attached to an aromatic ring is 1. The summed E-state index contributed by atoms with van der Waals surface area (Å²) in [4.78, 5) is 11.5. The highest BCUT2D eigenvalue weighted by atomic mass is 32.2. The second kappa shape index (κ2) is 9.46. The molecule has 1 heterocycles. The van der Waals surface area contributed by atoms with E-state index in [-0.39, 0.29) is 23.8 Å². The Bertz CT molecular complexity index is 1150. The van der Waals surface area contributed by atoms with Gasteiger partial charge in [-0.2, -0.15) is 4.31 Å². The fraction of sp³-hybridized carbons (Fsp3) is 0.286.